The third-order valence-electron chi connectivity index (χ3n) is 3.64. The first-order valence-corrected chi connectivity index (χ1v) is 12.0. The number of carbonyl (C=O) groups is 1. The number of rotatable bonds is 3. The van der Waals surface area contributed by atoms with Gasteiger partial charge in [0.2, 0.25) is 0 Å². The molecule has 1 aliphatic rings. The van der Waals surface area contributed by atoms with Crippen LogP contribution in [-0.2, 0) is 15.7 Å². The molecular weight excluding hydrogens is 447 g/mol. The number of halogens is 1. The summed E-state index contributed by atoms with van der Waals surface area (Å²) in [6.45, 7) is 13.5. The second-order valence-corrected chi connectivity index (χ2v) is 9.47. The van der Waals surface area contributed by atoms with E-state index in [1.165, 1.54) is 24.3 Å². The van der Waals surface area contributed by atoms with Crippen molar-refractivity contribution >= 4 is 28.5 Å². The number of hydrogen-bond donors (Lipinski definition) is 2. The van der Waals surface area contributed by atoms with Crippen molar-refractivity contribution in [3.63, 3.8) is 0 Å². The van der Waals surface area contributed by atoms with Gasteiger partial charge in [0.25, 0.3) is 0 Å². The third kappa shape index (κ3) is 9.79. The molecule has 1 amide bonds. The molecule has 1 aliphatic heterocycles. The number of fused-ring (bicyclic) bond motifs is 1. The van der Waals surface area contributed by atoms with Gasteiger partial charge in [-0.25, -0.2) is 13.4 Å². The average Bonchev–Trinajstić information content (AvgIpc) is 2.73. The van der Waals surface area contributed by atoms with Gasteiger partial charge in [-0.2, -0.15) is 0 Å². The van der Waals surface area contributed by atoms with Crippen molar-refractivity contribution in [2.24, 2.45) is 0 Å². The minimum absolute atomic E-state index is 0.167. The Bertz CT molecular complexity index is 911. The average molecular weight is 483 g/mol. The second-order valence-electron chi connectivity index (χ2n) is 8.06. The molecule has 0 radical (unpaired) electrons. The highest BCUT2D eigenvalue weighted by atomic mass is 32.2. The first-order chi connectivity index (χ1) is 15.5. The predicted molar refractivity (Wildman–Crippen MR) is 131 cm³/mol. The van der Waals surface area contributed by atoms with Gasteiger partial charge in [-0.1, -0.05) is 13.8 Å². The van der Waals surface area contributed by atoms with Crippen molar-refractivity contribution < 1.29 is 28.0 Å². The molecule has 1 unspecified atom stereocenters. The van der Waals surface area contributed by atoms with E-state index >= 15 is 0 Å². The van der Waals surface area contributed by atoms with Crippen molar-refractivity contribution in [2.45, 2.75) is 65.1 Å². The highest BCUT2D eigenvalue weighted by Gasteiger charge is 2.25. The molecule has 2 aromatic rings. The summed E-state index contributed by atoms with van der Waals surface area (Å²) in [7, 11) is -1.53. The summed E-state index contributed by atoms with van der Waals surface area (Å²) in [4.78, 5) is 12.5. The topological polar surface area (TPSA) is 88.1 Å². The summed E-state index contributed by atoms with van der Waals surface area (Å²) < 4.78 is 38.6. The van der Waals surface area contributed by atoms with Crippen molar-refractivity contribution in [1.82, 2.24) is 0 Å². The maximum absolute atomic E-state index is 13.1. The number of aliphatic hydroxyl groups excluding tert-OH is 1. The first-order valence-electron chi connectivity index (χ1n) is 10.9. The Morgan fingerprint density at radius 3 is 2.30 bits per heavy atom. The van der Waals surface area contributed by atoms with E-state index in [0.29, 0.717) is 35.2 Å². The lowest BCUT2D eigenvalue weighted by Crippen LogP contribution is -2.34. The van der Waals surface area contributed by atoms with Crippen LogP contribution in [0.5, 0.6) is 5.75 Å². The van der Waals surface area contributed by atoms with Crippen molar-refractivity contribution in [3.05, 3.63) is 48.3 Å². The van der Waals surface area contributed by atoms with Crippen LogP contribution in [0.1, 0.15) is 48.5 Å². The lowest BCUT2D eigenvalue weighted by molar-refractivity contribution is 0.0636. The molecule has 184 valence electrons. The predicted octanol–water partition coefficient (Wildman–Crippen LogP) is 5.51. The van der Waals surface area contributed by atoms with Crippen LogP contribution in [0.3, 0.4) is 0 Å². The minimum Gasteiger partial charge on any atom is -0.489 e. The summed E-state index contributed by atoms with van der Waals surface area (Å²) in [5.41, 5.74) is 0.462. The Hall–Kier alpha value is -2.65. The van der Waals surface area contributed by atoms with Crippen LogP contribution >= 0.6 is 0 Å². The number of anilines is 2. The maximum Gasteiger partial charge on any atom is 0.412 e. The Balaban J connectivity index is 0.000000820. The van der Waals surface area contributed by atoms with E-state index in [9.17, 15) is 13.4 Å². The summed E-state index contributed by atoms with van der Waals surface area (Å²) in [6, 6.07) is 10.6. The molecular formula is C24H35FN2O5S. The number of carbonyl (C=O) groups excluding carboxylic acids is 1. The molecule has 2 aromatic carbocycles. The van der Waals surface area contributed by atoms with E-state index in [1.54, 1.807) is 57.1 Å². The number of nitrogens with zero attached hydrogens (tertiary/aromatic N) is 1. The number of hydrogen-bond acceptors (Lipinski definition) is 5. The van der Waals surface area contributed by atoms with E-state index in [4.69, 9.17) is 14.6 Å². The molecule has 33 heavy (non-hydrogen) atoms. The number of amides is 1. The lowest BCUT2D eigenvalue weighted by Gasteiger charge is -2.30. The molecule has 0 aromatic heterocycles. The fraction of sp³-hybridized carbons (Fsp3) is 0.458. The third-order valence-corrected chi connectivity index (χ3v) is 5.10. The van der Waals surface area contributed by atoms with Gasteiger partial charge in [-0.15, -0.1) is 0 Å². The van der Waals surface area contributed by atoms with Crippen LogP contribution in [0.4, 0.5) is 20.6 Å². The van der Waals surface area contributed by atoms with E-state index in [1.807, 2.05) is 13.8 Å². The summed E-state index contributed by atoms with van der Waals surface area (Å²) in [5.74, 6) is 0.174. The molecule has 0 bridgehead atoms. The smallest absolute Gasteiger partial charge is 0.412 e. The SMILES string of the molecule is CC.CC(C)(C)OC(=O)Nc1ccc2c(c1)N(S(=O)c1ccc(F)cc1)CCO2.CC(C)O. The molecule has 0 saturated heterocycles. The highest BCUT2D eigenvalue weighted by molar-refractivity contribution is 7.86. The maximum atomic E-state index is 13.1. The quantitative estimate of drug-likeness (QED) is 0.602. The molecule has 0 saturated carbocycles. The fourth-order valence-electron chi connectivity index (χ4n) is 2.54. The van der Waals surface area contributed by atoms with Gasteiger partial charge < -0.3 is 14.6 Å². The fourth-order valence-corrected chi connectivity index (χ4v) is 3.73. The zero-order valence-corrected chi connectivity index (χ0v) is 21.2. The molecule has 0 spiro atoms. The second kappa shape index (κ2) is 13.2. The molecule has 1 heterocycles. The number of aliphatic hydroxyl groups is 1. The van der Waals surface area contributed by atoms with E-state index in [0.717, 1.165) is 0 Å². The van der Waals surface area contributed by atoms with E-state index in [2.05, 4.69) is 5.32 Å². The summed E-state index contributed by atoms with van der Waals surface area (Å²) >= 11 is 0. The van der Waals surface area contributed by atoms with Gasteiger partial charge in [0.1, 0.15) is 23.8 Å². The molecule has 0 fully saturated rings. The Morgan fingerprint density at radius 1 is 1.18 bits per heavy atom. The minimum atomic E-state index is -1.53. The monoisotopic (exact) mass is 482 g/mol. The van der Waals surface area contributed by atoms with Crippen LogP contribution in [0.25, 0.3) is 0 Å². The van der Waals surface area contributed by atoms with Gasteiger partial charge in [0.05, 0.1) is 17.1 Å². The molecule has 2 N–H and O–H groups in total. The molecule has 9 heteroatoms. The van der Waals surface area contributed by atoms with Crippen LogP contribution in [0.15, 0.2) is 47.4 Å². The number of ether oxygens (including phenoxy) is 2. The van der Waals surface area contributed by atoms with Crippen LogP contribution in [-0.4, -0.2) is 40.3 Å². The van der Waals surface area contributed by atoms with Gasteiger partial charge in [0, 0.05) is 11.8 Å². The largest absolute Gasteiger partial charge is 0.489 e. The van der Waals surface area contributed by atoms with E-state index < -0.39 is 22.7 Å². The first kappa shape index (κ1) is 28.4. The van der Waals surface area contributed by atoms with Crippen LogP contribution in [0.2, 0.25) is 0 Å². The molecule has 3 rings (SSSR count). The van der Waals surface area contributed by atoms with Gasteiger partial charge in [-0.05, 0) is 77.1 Å². The Morgan fingerprint density at radius 2 is 1.76 bits per heavy atom. The summed E-state index contributed by atoms with van der Waals surface area (Å²) in [5, 5.41) is 10.7. The highest BCUT2D eigenvalue weighted by Crippen LogP contribution is 2.36. The Kier molecular flexibility index (Phi) is 11.3. The van der Waals surface area contributed by atoms with Crippen molar-refractivity contribution in [3.8, 4) is 5.75 Å². The van der Waals surface area contributed by atoms with E-state index in [-0.39, 0.29) is 11.9 Å². The molecule has 0 aliphatic carbocycles. The van der Waals surface area contributed by atoms with Crippen molar-refractivity contribution in [2.75, 3.05) is 22.8 Å². The van der Waals surface area contributed by atoms with Crippen molar-refractivity contribution in [1.29, 1.82) is 0 Å². The molecule has 1 atom stereocenters. The standard InChI is InChI=1S/C19H21FN2O4S.C3H8O.C2H6/c1-19(2,3)26-18(23)21-14-6-9-17-16(12-14)22(10-11-25-17)27(24)15-7-4-13(20)5-8-15;1-3(2)4;1-2/h4-9,12H,10-11H2,1-3H3,(H,21,23);3-4H,1-2H3;1-2H3. The Labute approximate surface area is 198 Å². The number of nitrogens with one attached hydrogen (secondary N) is 1. The van der Waals surface area contributed by atoms with Crippen LogP contribution < -0.4 is 14.4 Å². The van der Waals surface area contributed by atoms with Gasteiger partial charge in [-0.3, -0.25) is 9.62 Å². The normalized spacial score (nSPS) is 13.3. The van der Waals surface area contributed by atoms with Crippen LogP contribution in [0, 0.1) is 5.82 Å². The summed E-state index contributed by atoms with van der Waals surface area (Å²) in [6.07, 6.45) is -0.745. The zero-order valence-electron chi connectivity index (χ0n) is 20.3. The van der Waals surface area contributed by atoms with Gasteiger partial charge in [0.15, 0.2) is 11.0 Å². The van der Waals surface area contributed by atoms with Gasteiger partial charge >= 0.3 is 6.09 Å². The molecule has 7 nitrogen and oxygen atoms in total. The lowest BCUT2D eigenvalue weighted by atomic mass is 10.2. The zero-order chi connectivity index (χ0) is 25.2. The number of benzene rings is 2.